The van der Waals surface area contributed by atoms with Gasteiger partial charge in [0, 0.05) is 25.9 Å². The zero-order valence-electron chi connectivity index (χ0n) is 8.29. The molecule has 0 aromatic heterocycles. The first kappa shape index (κ1) is 10.0. The number of hydrogen-bond donors (Lipinski definition) is 0. The third-order valence-corrected chi connectivity index (χ3v) is 2.26. The van der Waals surface area contributed by atoms with Crippen molar-refractivity contribution in [3.8, 4) is 6.07 Å². The maximum Gasteiger partial charge on any atom is 0.222 e. The molecular weight excluding hydrogens is 164 g/mol. The van der Waals surface area contributed by atoms with Crippen molar-refractivity contribution in [1.82, 2.24) is 4.90 Å². The van der Waals surface area contributed by atoms with Crippen molar-refractivity contribution in [3.63, 3.8) is 0 Å². The maximum atomic E-state index is 11.4. The summed E-state index contributed by atoms with van der Waals surface area (Å²) >= 11 is 0. The van der Waals surface area contributed by atoms with Crippen molar-refractivity contribution in [2.45, 2.75) is 26.7 Å². The van der Waals surface area contributed by atoms with E-state index in [0.717, 1.165) is 13.1 Å². The number of hydrogen-bond acceptors (Lipinski definition) is 2. The van der Waals surface area contributed by atoms with E-state index in [1.807, 2.05) is 4.90 Å². The fourth-order valence-electron chi connectivity index (χ4n) is 1.74. The molecule has 1 rings (SSSR count). The SMILES string of the molecule is CC(C)CN1CC(CC#N)CC1=O. The van der Waals surface area contributed by atoms with Gasteiger partial charge in [0.05, 0.1) is 6.07 Å². The summed E-state index contributed by atoms with van der Waals surface area (Å²) in [6, 6.07) is 2.13. The maximum absolute atomic E-state index is 11.4. The average molecular weight is 180 g/mol. The number of likely N-dealkylation sites (tertiary alicyclic amines) is 1. The summed E-state index contributed by atoms with van der Waals surface area (Å²) in [4.78, 5) is 13.3. The second-order valence-electron chi connectivity index (χ2n) is 4.12. The van der Waals surface area contributed by atoms with Crippen molar-refractivity contribution in [1.29, 1.82) is 5.26 Å². The molecule has 1 unspecified atom stereocenters. The van der Waals surface area contributed by atoms with Crippen molar-refractivity contribution in [2.24, 2.45) is 11.8 Å². The van der Waals surface area contributed by atoms with Gasteiger partial charge in [0.2, 0.25) is 5.91 Å². The minimum atomic E-state index is 0.217. The molecule has 3 nitrogen and oxygen atoms in total. The molecule has 1 heterocycles. The molecule has 13 heavy (non-hydrogen) atoms. The molecule has 1 aliphatic heterocycles. The number of nitrogens with zero attached hydrogens (tertiary/aromatic N) is 2. The Morgan fingerprint density at radius 3 is 2.92 bits per heavy atom. The highest BCUT2D eigenvalue weighted by molar-refractivity contribution is 5.78. The van der Waals surface area contributed by atoms with Gasteiger partial charge in [-0.05, 0) is 11.8 Å². The number of carbonyl (C=O) groups is 1. The number of carbonyl (C=O) groups excluding carboxylic acids is 1. The fraction of sp³-hybridized carbons (Fsp3) is 0.800. The Labute approximate surface area is 79.3 Å². The number of amides is 1. The van der Waals surface area contributed by atoms with E-state index in [4.69, 9.17) is 5.26 Å². The van der Waals surface area contributed by atoms with Crippen LogP contribution in [0.4, 0.5) is 0 Å². The minimum absolute atomic E-state index is 0.217. The topological polar surface area (TPSA) is 44.1 Å². The molecular formula is C10H16N2O. The van der Waals surface area contributed by atoms with Crippen LogP contribution in [0.15, 0.2) is 0 Å². The Balaban J connectivity index is 2.43. The quantitative estimate of drug-likeness (QED) is 0.659. The molecule has 1 saturated heterocycles. The zero-order chi connectivity index (χ0) is 9.84. The second-order valence-corrected chi connectivity index (χ2v) is 4.12. The van der Waals surface area contributed by atoms with Crippen LogP contribution in [0.3, 0.4) is 0 Å². The van der Waals surface area contributed by atoms with Crippen LogP contribution in [0.1, 0.15) is 26.7 Å². The molecule has 0 bridgehead atoms. The van der Waals surface area contributed by atoms with Crippen LogP contribution in [0.5, 0.6) is 0 Å². The van der Waals surface area contributed by atoms with Gasteiger partial charge >= 0.3 is 0 Å². The molecule has 1 amide bonds. The molecule has 0 saturated carbocycles. The van der Waals surface area contributed by atoms with E-state index >= 15 is 0 Å². The number of rotatable bonds is 3. The lowest BCUT2D eigenvalue weighted by atomic mass is 10.1. The van der Waals surface area contributed by atoms with E-state index in [0.29, 0.717) is 18.8 Å². The van der Waals surface area contributed by atoms with E-state index in [1.54, 1.807) is 0 Å². The predicted molar refractivity (Wildman–Crippen MR) is 49.8 cm³/mol. The van der Waals surface area contributed by atoms with Crippen LogP contribution in [-0.4, -0.2) is 23.9 Å². The molecule has 0 aromatic carbocycles. The summed E-state index contributed by atoms with van der Waals surface area (Å²) in [7, 11) is 0. The van der Waals surface area contributed by atoms with Gasteiger partial charge in [-0.15, -0.1) is 0 Å². The highest BCUT2D eigenvalue weighted by Crippen LogP contribution is 2.21. The second kappa shape index (κ2) is 4.27. The Hall–Kier alpha value is -1.04. The van der Waals surface area contributed by atoms with Crippen LogP contribution >= 0.6 is 0 Å². The third kappa shape index (κ3) is 2.73. The zero-order valence-corrected chi connectivity index (χ0v) is 8.29. The normalized spacial score (nSPS) is 22.5. The Bertz CT molecular complexity index is 230. The Kier molecular flexibility index (Phi) is 3.30. The molecule has 0 radical (unpaired) electrons. The molecule has 0 spiro atoms. The van der Waals surface area contributed by atoms with Crippen LogP contribution in [0.2, 0.25) is 0 Å². The van der Waals surface area contributed by atoms with Crippen molar-refractivity contribution >= 4 is 5.91 Å². The molecule has 0 N–H and O–H groups in total. The summed E-state index contributed by atoms with van der Waals surface area (Å²) in [6.45, 7) is 5.82. The van der Waals surface area contributed by atoms with E-state index < -0.39 is 0 Å². The van der Waals surface area contributed by atoms with Crippen molar-refractivity contribution in [3.05, 3.63) is 0 Å². The standard InChI is InChI=1S/C10H16N2O/c1-8(2)6-12-7-9(3-4-11)5-10(12)13/h8-9H,3,5-7H2,1-2H3. The van der Waals surface area contributed by atoms with Crippen molar-refractivity contribution < 1.29 is 4.79 Å². The molecule has 1 fully saturated rings. The summed E-state index contributed by atoms with van der Waals surface area (Å²) in [5, 5.41) is 8.50. The van der Waals surface area contributed by atoms with Gasteiger partial charge in [-0.25, -0.2) is 0 Å². The summed E-state index contributed by atoms with van der Waals surface area (Å²) in [6.07, 6.45) is 1.08. The largest absolute Gasteiger partial charge is 0.342 e. The van der Waals surface area contributed by atoms with E-state index in [2.05, 4.69) is 19.9 Å². The van der Waals surface area contributed by atoms with E-state index in [9.17, 15) is 4.79 Å². The summed E-state index contributed by atoms with van der Waals surface area (Å²) in [5.41, 5.74) is 0. The van der Waals surface area contributed by atoms with E-state index in [-0.39, 0.29) is 11.8 Å². The molecule has 1 aliphatic rings. The minimum Gasteiger partial charge on any atom is -0.342 e. The fourth-order valence-corrected chi connectivity index (χ4v) is 1.74. The van der Waals surface area contributed by atoms with Crippen molar-refractivity contribution in [2.75, 3.05) is 13.1 Å². The first-order valence-electron chi connectivity index (χ1n) is 4.78. The lowest BCUT2D eigenvalue weighted by molar-refractivity contribution is -0.128. The lowest BCUT2D eigenvalue weighted by Gasteiger charge is -2.18. The predicted octanol–water partition coefficient (Wildman–Crippen LogP) is 1.40. The van der Waals surface area contributed by atoms with Crippen LogP contribution in [-0.2, 0) is 4.79 Å². The monoisotopic (exact) mass is 180 g/mol. The first-order chi connectivity index (χ1) is 6.13. The molecule has 1 atom stereocenters. The van der Waals surface area contributed by atoms with Gasteiger partial charge < -0.3 is 4.90 Å². The molecule has 72 valence electrons. The third-order valence-electron chi connectivity index (χ3n) is 2.26. The summed E-state index contributed by atoms with van der Waals surface area (Å²) in [5.74, 6) is 1.01. The average Bonchev–Trinajstić information content (AvgIpc) is 2.31. The van der Waals surface area contributed by atoms with Gasteiger partial charge in [-0.3, -0.25) is 4.79 Å². The Morgan fingerprint density at radius 2 is 2.38 bits per heavy atom. The van der Waals surface area contributed by atoms with Gasteiger partial charge in [0.25, 0.3) is 0 Å². The molecule has 3 heteroatoms. The van der Waals surface area contributed by atoms with Crippen LogP contribution in [0, 0.1) is 23.2 Å². The number of nitriles is 1. The lowest BCUT2D eigenvalue weighted by Crippen LogP contribution is -2.29. The highest BCUT2D eigenvalue weighted by Gasteiger charge is 2.29. The Morgan fingerprint density at radius 1 is 1.69 bits per heavy atom. The van der Waals surface area contributed by atoms with Crippen LogP contribution in [0.25, 0.3) is 0 Å². The van der Waals surface area contributed by atoms with Gasteiger partial charge in [0.1, 0.15) is 0 Å². The van der Waals surface area contributed by atoms with Gasteiger partial charge in [0.15, 0.2) is 0 Å². The van der Waals surface area contributed by atoms with Gasteiger partial charge in [-0.2, -0.15) is 5.26 Å². The van der Waals surface area contributed by atoms with E-state index in [1.165, 1.54) is 0 Å². The highest BCUT2D eigenvalue weighted by atomic mass is 16.2. The first-order valence-corrected chi connectivity index (χ1v) is 4.78. The van der Waals surface area contributed by atoms with Gasteiger partial charge in [-0.1, -0.05) is 13.8 Å². The summed E-state index contributed by atoms with van der Waals surface area (Å²) < 4.78 is 0. The molecule has 0 aliphatic carbocycles. The smallest absolute Gasteiger partial charge is 0.222 e. The molecule has 0 aromatic rings. The van der Waals surface area contributed by atoms with Crippen LogP contribution < -0.4 is 0 Å².